The highest BCUT2D eigenvalue weighted by molar-refractivity contribution is 5.85. The van der Waals surface area contributed by atoms with Crippen molar-refractivity contribution in [3.63, 3.8) is 0 Å². The SMILES string of the molecule is CC(C)CN1CCOC(CNC(=O)[C@H]2NCCO[C@@H]2C)C1.Cl.Cl. The fourth-order valence-corrected chi connectivity index (χ4v) is 2.94. The minimum absolute atomic E-state index is 0. The zero-order valence-electron chi connectivity index (χ0n) is 14.2. The van der Waals surface area contributed by atoms with E-state index in [1.54, 1.807) is 0 Å². The zero-order valence-corrected chi connectivity index (χ0v) is 15.9. The highest BCUT2D eigenvalue weighted by atomic mass is 35.5. The Morgan fingerprint density at radius 2 is 2.04 bits per heavy atom. The van der Waals surface area contributed by atoms with E-state index in [2.05, 4.69) is 29.4 Å². The van der Waals surface area contributed by atoms with Gasteiger partial charge in [-0.1, -0.05) is 13.8 Å². The first kappa shape index (κ1) is 22.9. The quantitative estimate of drug-likeness (QED) is 0.743. The number of ether oxygens (including phenoxy) is 2. The summed E-state index contributed by atoms with van der Waals surface area (Å²) in [4.78, 5) is 14.6. The predicted octanol–water partition coefficient (Wildman–Crippen LogP) is 0.680. The molecule has 2 N–H and O–H groups in total. The van der Waals surface area contributed by atoms with Gasteiger partial charge in [0.1, 0.15) is 6.04 Å². The maximum atomic E-state index is 12.2. The van der Waals surface area contributed by atoms with Crippen LogP contribution in [-0.4, -0.2) is 75.0 Å². The average molecular weight is 372 g/mol. The van der Waals surface area contributed by atoms with Crippen molar-refractivity contribution < 1.29 is 14.3 Å². The van der Waals surface area contributed by atoms with E-state index >= 15 is 0 Å². The standard InChI is InChI=1S/C15H29N3O3.2ClH/c1-11(2)9-18-5-7-21-13(10-18)8-17-15(19)14-12(3)20-6-4-16-14;;/h11-14,16H,4-10H2,1-3H3,(H,17,19);2*1H/t12-,13?,14+;;/m1../s1. The Kier molecular flexibility index (Phi) is 11.4. The highest BCUT2D eigenvalue weighted by Crippen LogP contribution is 2.08. The predicted molar refractivity (Wildman–Crippen MR) is 95.7 cm³/mol. The second-order valence-corrected chi connectivity index (χ2v) is 6.40. The topological polar surface area (TPSA) is 62.8 Å². The van der Waals surface area contributed by atoms with Crippen LogP contribution < -0.4 is 10.6 Å². The molecule has 1 amide bonds. The van der Waals surface area contributed by atoms with Crippen LogP contribution in [0.15, 0.2) is 0 Å². The number of hydrogen-bond acceptors (Lipinski definition) is 5. The molecule has 0 aliphatic carbocycles. The number of carbonyl (C=O) groups excluding carboxylic acids is 1. The van der Waals surface area contributed by atoms with Gasteiger partial charge in [-0.2, -0.15) is 0 Å². The minimum atomic E-state index is -0.255. The molecule has 0 aromatic carbocycles. The Balaban J connectivity index is 0.00000242. The van der Waals surface area contributed by atoms with Gasteiger partial charge in [-0.15, -0.1) is 24.8 Å². The first-order valence-corrected chi connectivity index (χ1v) is 8.03. The summed E-state index contributed by atoms with van der Waals surface area (Å²) in [6, 6.07) is -0.255. The largest absolute Gasteiger partial charge is 0.375 e. The molecule has 138 valence electrons. The minimum Gasteiger partial charge on any atom is -0.375 e. The normalized spacial score (nSPS) is 28.6. The van der Waals surface area contributed by atoms with E-state index in [-0.39, 0.29) is 49.0 Å². The molecule has 0 radical (unpaired) electrons. The molecule has 2 rings (SSSR count). The van der Waals surface area contributed by atoms with Gasteiger partial charge in [-0.05, 0) is 12.8 Å². The van der Waals surface area contributed by atoms with Crippen molar-refractivity contribution in [2.24, 2.45) is 5.92 Å². The lowest BCUT2D eigenvalue weighted by atomic mass is 10.1. The number of carbonyl (C=O) groups is 1. The Morgan fingerprint density at radius 3 is 2.70 bits per heavy atom. The number of hydrogen-bond donors (Lipinski definition) is 2. The second-order valence-electron chi connectivity index (χ2n) is 6.40. The van der Waals surface area contributed by atoms with E-state index in [0.717, 1.165) is 32.8 Å². The number of amides is 1. The number of rotatable bonds is 5. The van der Waals surface area contributed by atoms with Crippen LogP contribution in [0.25, 0.3) is 0 Å². The van der Waals surface area contributed by atoms with Gasteiger partial charge in [0.25, 0.3) is 0 Å². The van der Waals surface area contributed by atoms with E-state index in [1.165, 1.54) is 0 Å². The smallest absolute Gasteiger partial charge is 0.239 e. The van der Waals surface area contributed by atoms with Gasteiger partial charge in [-0.3, -0.25) is 9.69 Å². The van der Waals surface area contributed by atoms with E-state index < -0.39 is 0 Å². The summed E-state index contributed by atoms with van der Waals surface area (Å²) in [7, 11) is 0. The first-order chi connectivity index (χ1) is 10.1. The molecule has 23 heavy (non-hydrogen) atoms. The number of nitrogens with one attached hydrogen (secondary N) is 2. The lowest BCUT2D eigenvalue weighted by Crippen LogP contribution is -2.57. The summed E-state index contributed by atoms with van der Waals surface area (Å²) in [5, 5.41) is 6.20. The van der Waals surface area contributed by atoms with Crippen molar-refractivity contribution in [2.75, 3.05) is 45.9 Å². The van der Waals surface area contributed by atoms with Crippen molar-refractivity contribution >= 4 is 30.7 Å². The number of nitrogens with zero attached hydrogens (tertiary/aromatic N) is 1. The van der Waals surface area contributed by atoms with Crippen LogP contribution in [0.2, 0.25) is 0 Å². The van der Waals surface area contributed by atoms with Crippen LogP contribution in [0.4, 0.5) is 0 Å². The first-order valence-electron chi connectivity index (χ1n) is 8.03. The van der Waals surface area contributed by atoms with Gasteiger partial charge in [0, 0.05) is 32.7 Å². The highest BCUT2D eigenvalue weighted by Gasteiger charge is 2.29. The van der Waals surface area contributed by atoms with E-state index in [9.17, 15) is 4.79 Å². The summed E-state index contributed by atoms with van der Waals surface area (Å²) in [6.45, 7) is 12.0. The molecular weight excluding hydrogens is 341 g/mol. The summed E-state index contributed by atoms with van der Waals surface area (Å²) < 4.78 is 11.2. The van der Waals surface area contributed by atoms with Crippen molar-refractivity contribution in [3.8, 4) is 0 Å². The van der Waals surface area contributed by atoms with Gasteiger partial charge in [0.2, 0.25) is 5.91 Å². The molecule has 0 spiro atoms. The van der Waals surface area contributed by atoms with Crippen LogP contribution in [0, 0.1) is 5.92 Å². The Bertz CT molecular complexity index is 348. The molecule has 0 aromatic heterocycles. The molecule has 2 fully saturated rings. The van der Waals surface area contributed by atoms with Gasteiger partial charge in [-0.25, -0.2) is 0 Å². The Labute approximate surface area is 151 Å². The number of halogens is 2. The summed E-state index contributed by atoms with van der Waals surface area (Å²) in [5.41, 5.74) is 0. The van der Waals surface area contributed by atoms with Crippen molar-refractivity contribution in [3.05, 3.63) is 0 Å². The van der Waals surface area contributed by atoms with Gasteiger partial charge in [0.15, 0.2) is 0 Å². The third-order valence-corrected chi connectivity index (χ3v) is 3.95. The summed E-state index contributed by atoms with van der Waals surface area (Å²) in [5.74, 6) is 0.662. The fraction of sp³-hybridized carbons (Fsp3) is 0.933. The molecule has 6 nitrogen and oxygen atoms in total. The van der Waals surface area contributed by atoms with E-state index in [4.69, 9.17) is 9.47 Å². The zero-order chi connectivity index (χ0) is 15.2. The molecule has 0 aromatic rings. The molecule has 0 saturated carbocycles. The average Bonchev–Trinajstić information content (AvgIpc) is 2.45. The van der Waals surface area contributed by atoms with Crippen LogP contribution in [0.3, 0.4) is 0 Å². The molecule has 2 heterocycles. The molecule has 2 saturated heterocycles. The van der Waals surface area contributed by atoms with Crippen molar-refractivity contribution in [2.45, 2.75) is 39.0 Å². The second kappa shape index (κ2) is 11.4. The third kappa shape index (κ3) is 7.54. The molecule has 0 bridgehead atoms. The van der Waals surface area contributed by atoms with Crippen LogP contribution in [0.1, 0.15) is 20.8 Å². The van der Waals surface area contributed by atoms with Crippen LogP contribution in [0.5, 0.6) is 0 Å². The summed E-state index contributed by atoms with van der Waals surface area (Å²) >= 11 is 0. The van der Waals surface area contributed by atoms with Crippen molar-refractivity contribution in [1.82, 2.24) is 15.5 Å². The van der Waals surface area contributed by atoms with Crippen LogP contribution in [-0.2, 0) is 14.3 Å². The summed E-state index contributed by atoms with van der Waals surface area (Å²) in [6.07, 6.45) is 0.00438. The Hall–Kier alpha value is -0.110. The van der Waals surface area contributed by atoms with Crippen LogP contribution >= 0.6 is 24.8 Å². The molecule has 2 aliphatic heterocycles. The third-order valence-electron chi connectivity index (χ3n) is 3.95. The molecule has 1 unspecified atom stereocenters. The van der Waals surface area contributed by atoms with Gasteiger partial charge in [0.05, 0.1) is 25.4 Å². The molecular formula is C15H31Cl2N3O3. The lowest BCUT2D eigenvalue weighted by Gasteiger charge is -2.34. The lowest BCUT2D eigenvalue weighted by molar-refractivity contribution is -0.130. The maximum absolute atomic E-state index is 12.2. The van der Waals surface area contributed by atoms with Crippen molar-refractivity contribution in [1.29, 1.82) is 0 Å². The maximum Gasteiger partial charge on any atom is 0.239 e. The monoisotopic (exact) mass is 371 g/mol. The number of morpholine rings is 2. The van der Waals surface area contributed by atoms with E-state index in [0.29, 0.717) is 19.1 Å². The Morgan fingerprint density at radius 1 is 1.30 bits per heavy atom. The fourth-order valence-electron chi connectivity index (χ4n) is 2.94. The molecule has 3 atom stereocenters. The van der Waals surface area contributed by atoms with Gasteiger partial charge >= 0.3 is 0 Å². The molecule has 2 aliphatic rings. The molecule has 8 heteroatoms. The van der Waals surface area contributed by atoms with Gasteiger partial charge < -0.3 is 20.1 Å². The van der Waals surface area contributed by atoms with E-state index in [1.807, 2.05) is 6.92 Å².